The van der Waals surface area contributed by atoms with E-state index in [2.05, 4.69) is 0 Å². The summed E-state index contributed by atoms with van der Waals surface area (Å²) in [6.45, 7) is -0.444. The molecule has 3 rings (SSSR count). The predicted molar refractivity (Wildman–Crippen MR) is 128 cm³/mol. The Morgan fingerprint density at radius 3 is 2.21 bits per heavy atom. The number of rotatable bonds is 9. The quantitative estimate of drug-likeness (QED) is 0.254. The Balaban J connectivity index is 1.71. The van der Waals surface area contributed by atoms with Crippen LogP contribution < -0.4 is 9.04 Å². The zero-order valence-corrected chi connectivity index (χ0v) is 20.0. The van der Waals surface area contributed by atoms with Gasteiger partial charge in [0.2, 0.25) is 0 Å². The maximum Gasteiger partial charge on any atom is 0.338 e. The first-order chi connectivity index (χ1) is 15.8. The monoisotopic (exact) mass is 485 g/mol. The molecule has 0 aliphatic heterocycles. The fourth-order valence-corrected chi connectivity index (χ4v) is 4.60. The van der Waals surface area contributed by atoms with Crippen molar-refractivity contribution in [1.82, 2.24) is 0 Å². The van der Waals surface area contributed by atoms with Crippen molar-refractivity contribution in [3.63, 3.8) is 0 Å². The molecule has 0 aliphatic carbocycles. The number of Topliss-reactive ketones (excluding diaryl/α,β-unsaturated/α-hetero) is 1. The number of methoxy groups -OCH3 is 1. The summed E-state index contributed by atoms with van der Waals surface area (Å²) in [7, 11) is -0.990. The molecule has 0 amide bonds. The van der Waals surface area contributed by atoms with Gasteiger partial charge in [-0.3, -0.25) is 9.10 Å². The van der Waals surface area contributed by atoms with Crippen LogP contribution in [0.1, 0.15) is 20.7 Å². The van der Waals surface area contributed by atoms with Crippen LogP contribution in [-0.2, 0) is 14.8 Å². The third-order valence-electron chi connectivity index (χ3n) is 4.91. The van der Waals surface area contributed by atoms with Gasteiger partial charge in [-0.05, 0) is 60.9 Å². The molecule has 0 aromatic heterocycles. The van der Waals surface area contributed by atoms with E-state index in [1.807, 2.05) is 18.4 Å². The Labute approximate surface area is 197 Å². The van der Waals surface area contributed by atoms with E-state index >= 15 is 0 Å². The van der Waals surface area contributed by atoms with Gasteiger partial charge in [0.25, 0.3) is 10.0 Å². The number of ketones is 1. The highest BCUT2D eigenvalue weighted by Gasteiger charge is 2.23. The van der Waals surface area contributed by atoms with Crippen LogP contribution in [0, 0.1) is 0 Å². The second kappa shape index (κ2) is 10.5. The molecule has 0 radical (unpaired) electrons. The minimum atomic E-state index is -3.93. The van der Waals surface area contributed by atoms with Gasteiger partial charge in [0.05, 0.1) is 23.3 Å². The van der Waals surface area contributed by atoms with Crippen LogP contribution in [0.5, 0.6) is 5.75 Å². The summed E-state index contributed by atoms with van der Waals surface area (Å²) >= 11 is 1.56. The maximum atomic E-state index is 13.1. The zero-order valence-electron chi connectivity index (χ0n) is 18.3. The van der Waals surface area contributed by atoms with Crippen molar-refractivity contribution in [3.8, 4) is 5.75 Å². The van der Waals surface area contributed by atoms with Gasteiger partial charge in [-0.25, -0.2) is 13.2 Å². The first-order valence-electron chi connectivity index (χ1n) is 9.83. The summed E-state index contributed by atoms with van der Waals surface area (Å²) in [5, 5.41) is 0. The lowest BCUT2D eigenvalue weighted by Gasteiger charge is -2.20. The molecule has 0 fully saturated rings. The molecule has 0 spiro atoms. The third-order valence-corrected chi connectivity index (χ3v) is 7.44. The lowest BCUT2D eigenvalue weighted by molar-refractivity contribution is 0.0474. The fourth-order valence-electron chi connectivity index (χ4n) is 2.95. The molecule has 7 nitrogen and oxygen atoms in total. The average molecular weight is 486 g/mol. The smallest absolute Gasteiger partial charge is 0.338 e. The molecule has 0 saturated heterocycles. The number of esters is 1. The average Bonchev–Trinajstić information content (AvgIpc) is 2.86. The number of ether oxygens (including phenoxy) is 2. The third kappa shape index (κ3) is 5.74. The Kier molecular flexibility index (Phi) is 7.78. The van der Waals surface area contributed by atoms with E-state index < -0.39 is 22.6 Å². The van der Waals surface area contributed by atoms with Crippen molar-refractivity contribution < 1.29 is 27.5 Å². The largest absolute Gasteiger partial charge is 0.497 e. The van der Waals surface area contributed by atoms with Crippen LogP contribution in [0.15, 0.2) is 82.6 Å². The van der Waals surface area contributed by atoms with Gasteiger partial charge >= 0.3 is 5.97 Å². The maximum absolute atomic E-state index is 13.1. The van der Waals surface area contributed by atoms with Gasteiger partial charge in [-0.15, -0.1) is 11.8 Å². The Hall–Kier alpha value is -3.30. The lowest BCUT2D eigenvalue weighted by atomic mass is 10.1. The predicted octanol–water partition coefficient (Wildman–Crippen LogP) is 4.28. The number of sulfonamides is 1. The molecule has 0 saturated carbocycles. The standard InChI is InChI=1S/C24H23NO6S2/c1-25(19-9-11-20(30-2)12-10-19)33(28,29)22-6-4-5-18(15-22)24(27)31-16-23(26)17-7-13-21(32-3)14-8-17/h4-15H,16H2,1-3H3. The van der Waals surface area contributed by atoms with E-state index in [9.17, 15) is 18.0 Å². The van der Waals surface area contributed by atoms with Crippen molar-refractivity contribution in [2.75, 3.05) is 31.3 Å². The summed E-state index contributed by atoms with van der Waals surface area (Å²) < 4.78 is 37.4. The molecule has 172 valence electrons. The number of hydrogen-bond donors (Lipinski definition) is 0. The van der Waals surface area contributed by atoms with E-state index in [0.29, 0.717) is 17.0 Å². The van der Waals surface area contributed by atoms with E-state index in [4.69, 9.17) is 9.47 Å². The molecule has 9 heteroatoms. The normalized spacial score (nSPS) is 11.0. The van der Waals surface area contributed by atoms with E-state index in [1.165, 1.54) is 38.4 Å². The second-order valence-corrected chi connectivity index (χ2v) is 9.78. The van der Waals surface area contributed by atoms with Gasteiger partial charge in [0.15, 0.2) is 12.4 Å². The highest BCUT2D eigenvalue weighted by atomic mass is 32.2. The summed E-state index contributed by atoms with van der Waals surface area (Å²) in [5.41, 5.74) is 0.893. The van der Waals surface area contributed by atoms with Crippen LogP contribution in [0.3, 0.4) is 0 Å². The summed E-state index contributed by atoms with van der Waals surface area (Å²) in [5.74, 6) is -0.531. The summed E-state index contributed by atoms with van der Waals surface area (Å²) in [6, 6.07) is 19.0. The summed E-state index contributed by atoms with van der Waals surface area (Å²) in [4.78, 5) is 25.7. The van der Waals surface area contributed by atoms with Gasteiger partial charge in [-0.2, -0.15) is 0 Å². The molecule has 33 heavy (non-hydrogen) atoms. The highest BCUT2D eigenvalue weighted by molar-refractivity contribution is 7.98. The van der Waals surface area contributed by atoms with E-state index in [1.54, 1.807) is 48.2 Å². The molecular weight excluding hydrogens is 462 g/mol. The number of anilines is 1. The molecule has 0 bridgehead atoms. The van der Waals surface area contributed by atoms with Crippen LogP contribution in [-0.4, -0.2) is 47.2 Å². The highest BCUT2D eigenvalue weighted by Crippen LogP contribution is 2.25. The van der Waals surface area contributed by atoms with Crippen molar-refractivity contribution in [2.24, 2.45) is 0 Å². The number of carbonyl (C=O) groups is 2. The molecule has 0 heterocycles. The minimum Gasteiger partial charge on any atom is -0.497 e. The van der Waals surface area contributed by atoms with Crippen molar-refractivity contribution in [2.45, 2.75) is 9.79 Å². The first-order valence-corrected chi connectivity index (χ1v) is 12.5. The molecular formula is C24H23NO6S2. The Bertz CT molecular complexity index is 1240. The van der Waals surface area contributed by atoms with Crippen molar-refractivity contribution in [3.05, 3.63) is 83.9 Å². The number of nitrogens with zero attached hydrogens (tertiary/aromatic N) is 1. The molecule has 0 unspecified atom stereocenters. The SMILES string of the molecule is COc1ccc(N(C)S(=O)(=O)c2cccc(C(=O)OCC(=O)c3ccc(SC)cc3)c2)cc1. The Morgan fingerprint density at radius 2 is 1.61 bits per heavy atom. The zero-order chi connectivity index (χ0) is 24.0. The summed E-state index contributed by atoms with van der Waals surface area (Å²) in [6.07, 6.45) is 1.93. The van der Waals surface area contributed by atoms with E-state index in [-0.39, 0.29) is 16.2 Å². The van der Waals surface area contributed by atoms with Gasteiger partial charge in [0, 0.05) is 17.5 Å². The number of hydrogen-bond acceptors (Lipinski definition) is 7. The van der Waals surface area contributed by atoms with Gasteiger partial charge in [-0.1, -0.05) is 18.2 Å². The van der Waals surface area contributed by atoms with Gasteiger partial charge < -0.3 is 9.47 Å². The fraction of sp³-hybridized carbons (Fsp3) is 0.167. The first kappa shape index (κ1) is 24.3. The van der Waals surface area contributed by atoms with Gasteiger partial charge in [0.1, 0.15) is 5.75 Å². The number of thioether (sulfide) groups is 1. The molecule has 0 N–H and O–H groups in total. The number of carbonyl (C=O) groups excluding carboxylic acids is 2. The van der Waals surface area contributed by atoms with Crippen LogP contribution >= 0.6 is 11.8 Å². The second-order valence-electron chi connectivity index (χ2n) is 6.93. The molecule has 3 aromatic rings. The lowest BCUT2D eigenvalue weighted by Crippen LogP contribution is -2.26. The van der Waals surface area contributed by atoms with Crippen LogP contribution in [0.25, 0.3) is 0 Å². The van der Waals surface area contributed by atoms with E-state index in [0.717, 1.165) is 9.20 Å². The van der Waals surface area contributed by atoms with Crippen molar-refractivity contribution >= 4 is 39.2 Å². The topological polar surface area (TPSA) is 90.0 Å². The molecule has 3 aromatic carbocycles. The van der Waals surface area contributed by atoms with Crippen LogP contribution in [0.2, 0.25) is 0 Å². The molecule has 0 aliphatic rings. The minimum absolute atomic E-state index is 0.0322. The van der Waals surface area contributed by atoms with Crippen molar-refractivity contribution in [1.29, 1.82) is 0 Å². The van der Waals surface area contributed by atoms with Crippen LogP contribution in [0.4, 0.5) is 5.69 Å². The molecule has 0 atom stereocenters. The number of benzene rings is 3. The Morgan fingerprint density at radius 1 is 0.939 bits per heavy atom.